The summed E-state index contributed by atoms with van der Waals surface area (Å²) in [4.78, 5) is 31.8. The molecule has 1 aliphatic heterocycles. The summed E-state index contributed by atoms with van der Waals surface area (Å²) in [5.41, 5.74) is 2.65. The molecule has 0 saturated carbocycles. The number of ether oxygens (including phenoxy) is 1. The molecule has 3 heterocycles. The zero-order valence-corrected chi connectivity index (χ0v) is 14.6. The van der Waals surface area contributed by atoms with E-state index in [9.17, 15) is 9.59 Å². The zero-order valence-electron chi connectivity index (χ0n) is 14.6. The molecule has 0 saturated heterocycles. The molecule has 0 unspecified atom stereocenters. The fraction of sp³-hybridized carbons (Fsp3) is 0.278. The van der Waals surface area contributed by atoms with Gasteiger partial charge >= 0.3 is 5.97 Å². The summed E-state index contributed by atoms with van der Waals surface area (Å²) in [6.45, 7) is 2.71. The normalized spacial score (nSPS) is 12.6. The van der Waals surface area contributed by atoms with Gasteiger partial charge in [-0.05, 0) is 23.6 Å². The lowest BCUT2D eigenvalue weighted by molar-refractivity contribution is 0.0695. The highest BCUT2D eigenvalue weighted by Gasteiger charge is 2.22. The monoisotopic (exact) mass is 367 g/mol. The fourth-order valence-corrected chi connectivity index (χ4v) is 3.01. The van der Waals surface area contributed by atoms with E-state index in [1.807, 2.05) is 13.0 Å². The van der Waals surface area contributed by atoms with Crippen LogP contribution in [-0.4, -0.2) is 43.2 Å². The van der Waals surface area contributed by atoms with Crippen molar-refractivity contribution in [3.05, 3.63) is 52.6 Å². The second-order valence-corrected chi connectivity index (χ2v) is 6.19. The van der Waals surface area contributed by atoms with E-state index >= 15 is 0 Å². The minimum absolute atomic E-state index is 0.00655. The van der Waals surface area contributed by atoms with Gasteiger partial charge in [0, 0.05) is 18.8 Å². The molecule has 2 N–H and O–H groups in total. The minimum Gasteiger partial charge on any atom is -0.492 e. The Kier molecular flexibility index (Phi) is 4.19. The number of rotatable bonds is 5. The van der Waals surface area contributed by atoms with E-state index in [-0.39, 0.29) is 23.8 Å². The van der Waals surface area contributed by atoms with E-state index in [2.05, 4.69) is 26.4 Å². The molecule has 3 aromatic rings. The Balaban J connectivity index is 1.54. The maximum Gasteiger partial charge on any atom is 0.338 e. The second kappa shape index (κ2) is 6.67. The number of hydrogen-bond donors (Lipinski definition) is 2. The van der Waals surface area contributed by atoms with Crippen LogP contribution in [0.2, 0.25) is 0 Å². The molecule has 0 spiro atoms. The van der Waals surface area contributed by atoms with Crippen molar-refractivity contribution >= 4 is 17.7 Å². The van der Waals surface area contributed by atoms with Crippen molar-refractivity contribution in [1.29, 1.82) is 0 Å². The predicted octanol–water partition coefficient (Wildman–Crippen LogP) is 1.25. The van der Waals surface area contributed by atoms with Gasteiger partial charge in [-0.2, -0.15) is 4.98 Å². The van der Waals surface area contributed by atoms with Gasteiger partial charge in [0.1, 0.15) is 5.75 Å². The lowest BCUT2D eigenvalue weighted by atomic mass is 10.0. The Labute approximate surface area is 154 Å². The number of aromatic nitrogens is 4. The molecule has 0 bridgehead atoms. The molecular formula is C18H17N5O4. The van der Waals surface area contributed by atoms with E-state index in [0.717, 1.165) is 24.0 Å². The third-order valence-electron chi connectivity index (χ3n) is 4.39. The molecule has 27 heavy (non-hydrogen) atoms. The van der Waals surface area contributed by atoms with Crippen molar-refractivity contribution in [2.45, 2.75) is 26.3 Å². The summed E-state index contributed by atoms with van der Waals surface area (Å²) in [6, 6.07) is 3.92. The number of nitrogens with one attached hydrogen (secondary N) is 1. The average molecular weight is 367 g/mol. The molecule has 0 atom stereocenters. The number of carboxylic acid groups (broad SMARTS) is 1. The largest absolute Gasteiger partial charge is 0.492 e. The standard InChI is InChI=1S/C18H17N5O4/c1-2-10-5-11-3-4-27-15(11)13(6-10)16(24)19-8-14-21-18-20-7-12(17(25)26)9-23(18)22-14/h5-7,9H,2-4,8H2,1H3,(H,19,24)(H,25,26). The van der Waals surface area contributed by atoms with Gasteiger partial charge in [-0.1, -0.05) is 13.0 Å². The van der Waals surface area contributed by atoms with Crippen LogP contribution in [0.1, 0.15) is 44.6 Å². The third-order valence-corrected chi connectivity index (χ3v) is 4.39. The lowest BCUT2D eigenvalue weighted by Crippen LogP contribution is -2.24. The number of nitrogens with zero attached hydrogens (tertiary/aromatic N) is 4. The summed E-state index contributed by atoms with van der Waals surface area (Å²) in [5.74, 6) is -0.120. The topological polar surface area (TPSA) is 119 Å². The van der Waals surface area contributed by atoms with Gasteiger partial charge in [0.15, 0.2) is 5.82 Å². The van der Waals surface area contributed by atoms with Crippen LogP contribution in [0.25, 0.3) is 5.78 Å². The van der Waals surface area contributed by atoms with Crippen LogP contribution < -0.4 is 10.1 Å². The number of carboxylic acids is 1. The molecule has 138 valence electrons. The van der Waals surface area contributed by atoms with Crippen molar-refractivity contribution in [2.24, 2.45) is 0 Å². The van der Waals surface area contributed by atoms with Crippen LogP contribution in [-0.2, 0) is 19.4 Å². The molecule has 0 fully saturated rings. The molecule has 0 aliphatic carbocycles. The Morgan fingerprint density at radius 1 is 1.37 bits per heavy atom. The number of carbonyl (C=O) groups excluding carboxylic acids is 1. The molecule has 2 aromatic heterocycles. The number of aromatic carboxylic acids is 1. The summed E-state index contributed by atoms with van der Waals surface area (Å²) >= 11 is 0. The predicted molar refractivity (Wildman–Crippen MR) is 93.9 cm³/mol. The number of benzene rings is 1. The molecular weight excluding hydrogens is 350 g/mol. The number of carbonyl (C=O) groups is 2. The average Bonchev–Trinajstić information content (AvgIpc) is 3.30. The van der Waals surface area contributed by atoms with E-state index in [4.69, 9.17) is 9.84 Å². The Morgan fingerprint density at radius 2 is 2.22 bits per heavy atom. The van der Waals surface area contributed by atoms with E-state index in [1.54, 1.807) is 0 Å². The van der Waals surface area contributed by atoms with Gasteiger partial charge in [-0.25, -0.2) is 14.3 Å². The van der Waals surface area contributed by atoms with E-state index < -0.39 is 5.97 Å². The van der Waals surface area contributed by atoms with Crippen LogP contribution >= 0.6 is 0 Å². The maximum absolute atomic E-state index is 12.7. The maximum atomic E-state index is 12.7. The van der Waals surface area contributed by atoms with Gasteiger partial charge in [-0.3, -0.25) is 4.79 Å². The first kappa shape index (κ1) is 17.0. The molecule has 4 rings (SSSR count). The van der Waals surface area contributed by atoms with Crippen LogP contribution in [0.15, 0.2) is 24.5 Å². The van der Waals surface area contributed by atoms with Crippen LogP contribution in [0.5, 0.6) is 5.75 Å². The summed E-state index contributed by atoms with van der Waals surface area (Å²) in [6.07, 6.45) is 4.17. The third kappa shape index (κ3) is 3.19. The number of hydrogen-bond acceptors (Lipinski definition) is 6. The lowest BCUT2D eigenvalue weighted by Gasteiger charge is -2.10. The van der Waals surface area contributed by atoms with Gasteiger partial charge in [0.25, 0.3) is 11.7 Å². The number of fused-ring (bicyclic) bond motifs is 2. The molecule has 1 aliphatic rings. The number of amides is 1. The van der Waals surface area contributed by atoms with E-state index in [1.165, 1.54) is 16.9 Å². The van der Waals surface area contributed by atoms with Crippen molar-refractivity contribution in [3.8, 4) is 5.75 Å². The Bertz CT molecular complexity index is 1060. The molecule has 1 aromatic carbocycles. The minimum atomic E-state index is -1.10. The number of aryl methyl sites for hydroxylation is 1. The van der Waals surface area contributed by atoms with Gasteiger partial charge < -0.3 is 15.2 Å². The smallest absolute Gasteiger partial charge is 0.338 e. The quantitative estimate of drug-likeness (QED) is 0.696. The summed E-state index contributed by atoms with van der Waals surface area (Å²) in [5, 5.41) is 16.0. The highest BCUT2D eigenvalue weighted by molar-refractivity contribution is 5.97. The van der Waals surface area contributed by atoms with Crippen LogP contribution in [0.4, 0.5) is 0 Å². The SMILES string of the molecule is CCc1cc2c(c(C(=O)NCc3nc4ncc(C(=O)O)cn4n3)c1)OCC2. The van der Waals surface area contributed by atoms with Crippen molar-refractivity contribution in [3.63, 3.8) is 0 Å². The Morgan fingerprint density at radius 3 is 3.00 bits per heavy atom. The van der Waals surface area contributed by atoms with E-state index in [0.29, 0.717) is 23.7 Å². The summed E-state index contributed by atoms with van der Waals surface area (Å²) in [7, 11) is 0. The second-order valence-electron chi connectivity index (χ2n) is 6.19. The molecule has 9 heteroatoms. The molecule has 1 amide bonds. The molecule has 0 radical (unpaired) electrons. The van der Waals surface area contributed by atoms with Crippen molar-refractivity contribution < 1.29 is 19.4 Å². The first-order valence-corrected chi connectivity index (χ1v) is 8.56. The first-order valence-electron chi connectivity index (χ1n) is 8.56. The zero-order chi connectivity index (χ0) is 19.0. The van der Waals surface area contributed by atoms with Gasteiger partial charge in [-0.15, -0.1) is 5.10 Å². The van der Waals surface area contributed by atoms with Crippen LogP contribution in [0.3, 0.4) is 0 Å². The van der Waals surface area contributed by atoms with Gasteiger partial charge in [0.2, 0.25) is 0 Å². The first-order chi connectivity index (χ1) is 13.0. The highest BCUT2D eigenvalue weighted by atomic mass is 16.5. The summed E-state index contributed by atoms with van der Waals surface area (Å²) < 4.78 is 6.91. The van der Waals surface area contributed by atoms with Crippen LogP contribution in [0, 0.1) is 0 Å². The Hall–Kier alpha value is -3.49. The molecule has 9 nitrogen and oxygen atoms in total. The van der Waals surface area contributed by atoms with Crippen molar-refractivity contribution in [1.82, 2.24) is 24.9 Å². The van der Waals surface area contributed by atoms with Gasteiger partial charge in [0.05, 0.1) is 24.3 Å². The van der Waals surface area contributed by atoms with Crippen molar-refractivity contribution in [2.75, 3.05) is 6.61 Å². The highest BCUT2D eigenvalue weighted by Crippen LogP contribution is 2.31. The fourth-order valence-electron chi connectivity index (χ4n) is 3.01.